The molecule has 0 aromatic heterocycles. The number of hydrogen-bond donors (Lipinski definition) is 1. The Bertz CT molecular complexity index is 641. The van der Waals surface area contributed by atoms with Crippen molar-refractivity contribution in [2.24, 2.45) is 0 Å². The highest BCUT2D eigenvalue weighted by atomic mass is 35.5. The lowest BCUT2D eigenvalue weighted by molar-refractivity contribution is 0.883. The molecule has 0 aliphatic carbocycles. The molecule has 1 N–H and O–H groups in total. The topological polar surface area (TPSA) is 15.3 Å². The number of hydrogen-bond acceptors (Lipinski definition) is 2. The minimum Gasteiger partial charge on any atom is -0.377 e. The number of rotatable bonds is 4. The number of para-hydroxylation sites is 2. The van der Waals surface area contributed by atoms with Crippen molar-refractivity contribution >= 4 is 46.2 Å². The second kappa shape index (κ2) is 6.78. The Morgan fingerprint density at radius 2 is 1.62 bits per heavy atom. The van der Waals surface area contributed by atoms with E-state index in [1.165, 1.54) is 0 Å². The molecule has 5 heteroatoms. The van der Waals surface area contributed by atoms with Gasteiger partial charge >= 0.3 is 0 Å². The SMILES string of the molecule is CC(Nc1ccccc1N(C)C)c1ccc(Cl)c(Cl)c1Cl. The largest absolute Gasteiger partial charge is 0.377 e. The molecule has 1 unspecified atom stereocenters. The summed E-state index contributed by atoms with van der Waals surface area (Å²) in [7, 11) is 4.02. The lowest BCUT2D eigenvalue weighted by atomic mass is 10.1. The maximum absolute atomic E-state index is 6.30. The smallest absolute Gasteiger partial charge is 0.0782 e. The van der Waals surface area contributed by atoms with Crippen LogP contribution in [0.15, 0.2) is 36.4 Å². The normalized spacial score (nSPS) is 12.1. The van der Waals surface area contributed by atoms with Crippen LogP contribution in [0.2, 0.25) is 15.1 Å². The Labute approximate surface area is 140 Å². The van der Waals surface area contributed by atoms with Gasteiger partial charge in [-0.3, -0.25) is 0 Å². The third-order valence-electron chi connectivity index (χ3n) is 3.29. The minimum atomic E-state index is 0.00775. The van der Waals surface area contributed by atoms with E-state index < -0.39 is 0 Å². The van der Waals surface area contributed by atoms with Gasteiger partial charge in [-0.2, -0.15) is 0 Å². The van der Waals surface area contributed by atoms with Gasteiger partial charge in [-0.15, -0.1) is 0 Å². The van der Waals surface area contributed by atoms with Gasteiger partial charge < -0.3 is 10.2 Å². The van der Waals surface area contributed by atoms with Crippen LogP contribution in [0.5, 0.6) is 0 Å². The summed E-state index contributed by atoms with van der Waals surface area (Å²) in [6, 6.07) is 11.8. The fraction of sp³-hybridized carbons (Fsp3) is 0.250. The van der Waals surface area contributed by atoms with Crippen molar-refractivity contribution in [1.82, 2.24) is 0 Å². The second-order valence-corrected chi connectivity index (χ2v) is 6.21. The van der Waals surface area contributed by atoms with Gasteiger partial charge in [-0.05, 0) is 30.7 Å². The Hall–Kier alpha value is -1.09. The number of benzene rings is 2. The highest BCUT2D eigenvalue weighted by Gasteiger charge is 2.15. The maximum atomic E-state index is 6.30. The van der Waals surface area contributed by atoms with Crippen LogP contribution in [-0.2, 0) is 0 Å². The average Bonchev–Trinajstić information content (AvgIpc) is 2.45. The molecule has 0 amide bonds. The van der Waals surface area contributed by atoms with Crippen LogP contribution in [0.25, 0.3) is 0 Å². The Balaban J connectivity index is 2.31. The van der Waals surface area contributed by atoms with Crippen molar-refractivity contribution in [3.05, 3.63) is 57.0 Å². The van der Waals surface area contributed by atoms with Gasteiger partial charge in [0.05, 0.1) is 32.5 Å². The first kappa shape index (κ1) is 16.3. The molecule has 0 saturated carbocycles. The van der Waals surface area contributed by atoms with Crippen LogP contribution in [0.4, 0.5) is 11.4 Å². The molecule has 0 bridgehead atoms. The summed E-state index contributed by atoms with van der Waals surface area (Å²) in [4.78, 5) is 2.06. The highest BCUT2D eigenvalue weighted by molar-refractivity contribution is 6.48. The zero-order chi connectivity index (χ0) is 15.6. The Morgan fingerprint density at radius 3 is 2.29 bits per heavy atom. The van der Waals surface area contributed by atoms with Gasteiger partial charge in [-0.1, -0.05) is 53.0 Å². The van der Waals surface area contributed by atoms with Crippen molar-refractivity contribution in [1.29, 1.82) is 0 Å². The molecule has 0 radical (unpaired) electrons. The van der Waals surface area contributed by atoms with E-state index in [1.807, 2.05) is 45.3 Å². The third-order valence-corrected chi connectivity index (χ3v) is 4.60. The maximum Gasteiger partial charge on any atom is 0.0782 e. The van der Waals surface area contributed by atoms with Gasteiger partial charge in [0.1, 0.15) is 0 Å². The van der Waals surface area contributed by atoms with E-state index in [1.54, 1.807) is 6.07 Å². The molecule has 0 heterocycles. The van der Waals surface area contributed by atoms with E-state index in [0.717, 1.165) is 16.9 Å². The van der Waals surface area contributed by atoms with E-state index >= 15 is 0 Å². The van der Waals surface area contributed by atoms with E-state index in [-0.39, 0.29) is 6.04 Å². The second-order valence-electron chi connectivity index (χ2n) is 5.04. The lowest BCUT2D eigenvalue weighted by Gasteiger charge is -2.23. The van der Waals surface area contributed by atoms with Crippen LogP contribution < -0.4 is 10.2 Å². The summed E-state index contributed by atoms with van der Waals surface area (Å²) in [6.45, 7) is 2.04. The molecule has 2 nitrogen and oxygen atoms in total. The number of anilines is 2. The van der Waals surface area contributed by atoms with E-state index in [4.69, 9.17) is 34.8 Å². The van der Waals surface area contributed by atoms with Crippen LogP contribution in [0.1, 0.15) is 18.5 Å². The third kappa shape index (κ3) is 3.57. The van der Waals surface area contributed by atoms with Gasteiger partial charge in [0, 0.05) is 14.1 Å². The summed E-state index contributed by atoms with van der Waals surface area (Å²) < 4.78 is 0. The molecule has 112 valence electrons. The Morgan fingerprint density at radius 1 is 0.952 bits per heavy atom. The molecule has 2 aromatic rings. The van der Waals surface area contributed by atoms with Crippen molar-refractivity contribution in [2.75, 3.05) is 24.3 Å². The summed E-state index contributed by atoms with van der Waals surface area (Å²) in [6.07, 6.45) is 0. The van der Waals surface area contributed by atoms with E-state index in [2.05, 4.69) is 16.3 Å². The molecular formula is C16H17Cl3N2. The quantitative estimate of drug-likeness (QED) is 0.697. The molecule has 0 spiro atoms. The molecule has 1 atom stereocenters. The van der Waals surface area contributed by atoms with Crippen LogP contribution in [0.3, 0.4) is 0 Å². The zero-order valence-electron chi connectivity index (χ0n) is 12.1. The summed E-state index contributed by atoms with van der Waals surface area (Å²) in [5, 5.41) is 4.82. The van der Waals surface area contributed by atoms with Crippen molar-refractivity contribution < 1.29 is 0 Å². The van der Waals surface area contributed by atoms with Crippen LogP contribution in [0, 0.1) is 0 Å². The first-order chi connectivity index (χ1) is 9.91. The van der Waals surface area contributed by atoms with Crippen LogP contribution >= 0.6 is 34.8 Å². The molecule has 0 aliphatic heterocycles. The van der Waals surface area contributed by atoms with Crippen molar-refractivity contribution in [3.63, 3.8) is 0 Å². The van der Waals surface area contributed by atoms with E-state index in [9.17, 15) is 0 Å². The highest BCUT2D eigenvalue weighted by Crippen LogP contribution is 2.37. The fourth-order valence-corrected chi connectivity index (χ4v) is 2.88. The van der Waals surface area contributed by atoms with Crippen LogP contribution in [-0.4, -0.2) is 14.1 Å². The summed E-state index contributed by atoms with van der Waals surface area (Å²) in [5.74, 6) is 0. The standard InChI is InChI=1S/C16H17Cl3N2/c1-10(11-8-9-12(17)16(19)15(11)18)20-13-6-4-5-7-14(13)21(2)3/h4-10,20H,1-3H3. The predicted octanol–water partition coefficient (Wildman–Crippen LogP) is 5.89. The first-order valence-electron chi connectivity index (χ1n) is 6.58. The minimum absolute atomic E-state index is 0.00775. The van der Waals surface area contributed by atoms with E-state index in [0.29, 0.717) is 15.1 Å². The lowest BCUT2D eigenvalue weighted by Crippen LogP contribution is -2.14. The van der Waals surface area contributed by atoms with Crippen molar-refractivity contribution in [3.8, 4) is 0 Å². The molecule has 2 aromatic carbocycles. The van der Waals surface area contributed by atoms with Gasteiger partial charge in [0.25, 0.3) is 0 Å². The number of nitrogens with one attached hydrogen (secondary N) is 1. The molecule has 0 aliphatic rings. The molecule has 0 saturated heterocycles. The summed E-state index contributed by atoms with van der Waals surface area (Å²) >= 11 is 18.4. The van der Waals surface area contributed by atoms with Gasteiger partial charge in [0.15, 0.2) is 0 Å². The Kier molecular flexibility index (Phi) is 5.26. The first-order valence-corrected chi connectivity index (χ1v) is 7.71. The average molecular weight is 344 g/mol. The van der Waals surface area contributed by atoms with Gasteiger partial charge in [0.2, 0.25) is 0 Å². The zero-order valence-corrected chi connectivity index (χ0v) is 14.4. The fourth-order valence-electron chi connectivity index (χ4n) is 2.17. The molecule has 21 heavy (non-hydrogen) atoms. The predicted molar refractivity (Wildman–Crippen MR) is 94.3 cm³/mol. The number of nitrogens with zero attached hydrogens (tertiary/aromatic N) is 1. The van der Waals surface area contributed by atoms with Crippen molar-refractivity contribution in [2.45, 2.75) is 13.0 Å². The molecular weight excluding hydrogens is 327 g/mol. The molecule has 0 fully saturated rings. The van der Waals surface area contributed by atoms with Gasteiger partial charge in [-0.25, -0.2) is 0 Å². The number of halogens is 3. The molecule has 2 rings (SSSR count). The monoisotopic (exact) mass is 342 g/mol. The summed E-state index contributed by atoms with van der Waals surface area (Å²) in [5.41, 5.74) is 3.07.